The molecule has 54 heavy (non-hydrogen) atoms. The number of fused-ring (bicyclic) bond motifs is 5. The van der Waals surface area contributed by atoms with Crippen molar-refractivity contribution in [2.45, 2.75) is 0 Å². The van der Waals surface area contributed by atoms with Gasteiger partial charge in [0, 0.05) is 38.7 Å². The van der Waals surface area contributed by atoms with Crippen LogP contribution in [0, 0.1) is 0 Å². The molecule has 0 aliphatic carbocycles. The molecule has 0 radical (unpaired) electrons. The smallest absolute Gasteiger partial charge is 0.143 e. The molecule has 0 amide bonds. The molecule has 254 valence electrons. The highest BCUT2D eigenvalue weighted by Gasteiger charge is 2.21. The first-order valence-corrected chi connectivity index (χ1v) is 18.1. The largest absolute Gasteiger partial charge is 0.455 e. The first-order chi connectivity index (χ1) is 28.5. The van der Waals surface area contributed by atoms with Crippen LogP contribution >= 0.6 is 0 Å². The topological polar surface area (TPSA) is 16.4 Å². The summed E-state index contributed by atoms with van der Waals surface area (Å²) in [5.41, 5.74) is 9.78. The van der Waals surface area contributed by atoms with E-state index in [4.69, 9.17) is 4.42 Å². The first kappa shape index (κ1) is 27.5. The molecule has 9 aromatic carbocycles. The zero-order valence-corrected chi connectivity index (χ0v) is 29.3. The van der Waals surface area contributed by atoms with Crippen molar-refractivity contribution in [2.24, 2.45) is 0 Å². The molecule has 10 rings (SSSR count). The zero-order valence-electron chi connectivity index (χ0n) is 33.3. The predicted octanol–water partition coefficient (Wildman–Crippen LogP) is 14.9. The average molecular weight is 694 g/mol. The molecule has 1 heterocycles. The van der Waals surface area contributed by atoms with Crippen molar-refractivity contribution in [3.05, 3.63) is 212 Å². The van der Waals surface area contributed by atoms with Crippen LogP contribution in [0.3, 0.4) is 0 Å². The van der Waals surface area contributed by atoms with E-state index in [2.05, 4.69) is 42.5 Å². The second-order valence-electron chi connectivity index (χ2n) is 13.4. The van der Waals surface area contributed by atoms with E-state index in [1.807, 2.05) is 150 Å². The second-order valence-corrected chi connectivity index (χ2v) is 13.4. The van der Waals surface area contributed by atoms with Crippen LogP contribution in [-0.4, -0.2) is 0 Å². The number of benzene rings is 9. The predicted molar refractivity (Wildman–Crippen MR) is 228 cm³/mol. The molecule has 0 fully saturated rings. The minimum Gasteiger partial charge on any atom is -0.455 e. The average Bonchev–Trinajstić information content (AvgIpc) is 3.68. The number of anilines is 3. The van der Waals surface area contributed by atoms with E-state index in [9.17, 15) is 5.48 Å². The van der Waals surface area contributed by atoms with Crippen molar-refractivity contribution in [2.75, 3.05) is 4.90 Å². The number of rotatable bonds is 7. The standard InChI is InChI=1S/C52H35NO/c1-3-12-36(13-4-1)38-22-24-39(25-23-38)41-28-33-44(34-29-41)53(43-31-26-40(27-32-43)37-14-5-2-6-15-37)50-21-10-9-18-46(50)47-19-11-20-48-49-35-30-42-16-7-8-17-45(42)51(49)54-52(47)48/h1-35H/i28D,29D,33D,34D. The number of para-hydroxylation sites is 2. The number of hydrogen-bond acceptors (Lipinski definition) is 2. The maximum absolute atomic E-state index is 9.61. The molecule has 1 aromatic heterocycles. The molecule has 2 nitrogen and oxygen atoms in total. The Kier molecular flexibility index (Phi) is 6.84. The van der Waals surface area contributed by atoms with E-state index in [0.29, 0.717) is 16.9 Å². The van der Waals surface area contributed by atoms with Gasteiger partial charge in [0.2, 0.25) is 0 Å². The van der Waals surface area contributed by atoms with Gasteiger partial charge in [-0.15, -0.1) is 0 Å². The Labute approximate surface area is 320 Å². The Bertz CT molecular complexity index is 3110. The van der Waals surface area contributed by atoms with Crippen LogP contribution in [0.1, 0.15) is 5.48 Å². The summed E-state index contributed by atoms with van der Waals surface area (Å²) in [6.45, 7) is 0. The van der Waals surface area contributed by atoms with E-state index in [1.165, 1.54) is 0 Å². The monoisotopic (exact) mass is 693 g/mol. The Morgan fingerprint density at radius 2 is 0.852 bits per heavy atom. The van der Waals surface area contributed by atoms with Gasteiger partial charge >= 0.3 is 0 Å². The minimum absolute atomic E-state index is 0.113. The van der Waals surface area contributed by atoms with Crippen LogP contribution < -0.4 is 4.90 Å². The normalized spacial score (nSPS) is 12.4. The Hall–Kier alpha value is -7.16. The summed E-state index contributed by atoms with van der Waals surface area (Å²) in [6.07, 6.45) is 0. The van der Waals surface area contributed by atoms with Crippen LogP contribution in [0.15, 0.2) is 217 Å². The molecule has 0 aliphatic rings. The summed E-state index contributed by atoms with van der Waals surface area (Å²) >= 11 is 0. The minimum atomic E-state index is -0.140. The van der Waals surface area contributed by atoms with Crippen molar-refractivity contribution in [1.82, 2.24) is 0 Å². The highest BCUT2D eigenvalue weighted by atomic mass is 16.3. The van der Waals surface area contributed by atoms with Gasteiger partial charge in [-0.25, -0.2) is 0 Å². The lowest BCUT2D eigenvalue weighted by Gasteiger charge is -2.28. The molecule has 0 saturated heterocycles. The van der Waals surface area contributed by atoms with Gasteiger partial charge in [0.1, 0.15) is 11.2 Å². The molecule has 0 N–H and O–H groups in total. The lowest BCUT2D eigenvalue weighted by atomic mass is 9.98. The van der Waals surface area contributed by atoms with Crippen LogP contribution in [0.2, 0.25) is 0 Å². The number of furan rings is 1. The zero-order chi connectivity index (χ0) is 39.3. The lowest BCUT2D eigenvalue weighted by molar-refractivity contribution is 0.674. The number of hydrogen-bond donors (Lipinski definition) is 0. The van der Waals surface area contributed by atoms with Gasteiger partial charge in [0.25, 0.3) is 0 Å². The van der Waals surface area contributed by atoms with Gasteiger partial charge in [-0.05, 0) is 75.1 Å². The van der Waals surface area contributed by atoms with Gasteiger partial charge in [-0.1, -0.05) is 176 Å². The molecule has 0 aliphatic heterocycles. The van der Waals surface area contributed by atoms with Crippen LogP contribution in [-0.2, 0) is 0 Å². The summed E-state index contributed by atoms with van der Waals surface area (Å²) in [7, 11) is 0. The van der Waals surface area contributed by atoms with Gasteiger partial charge in [-0.3, -0.25) is 0 Å². The highest BCUT2D eigenvalue weighted by Crippen LogP contribution is 2.45. The Morgan fingerprint density at radius 3 is 1.56 bits per heavy atom. The van der Waals surface area contributed by atoms with E-state index >= 15 is 0 Å². The molecular formula is C52H35NO. The van der Waals surface area contributed by atoms with Crippen molar-refractivity contribution in [1.29, 1.82) is 0 Å². The Balaban J connectivity index is 1.18. The molecule has 0 unspecified atom stereocenters. The lowest BCUT2D eigenvalue weighted by Crippen LogP contribution is -2.11. The highest BCUT2D eigenvalue weighted by molar-refractivity contribution is 6.17. The van der Waals surface area contributed by atoms with Crippen molar-refractivity contribution in [3.63, 3.8) is 0 Å². The summed E-state index contributed by atoms with van der Waals surface area (Å²) in [4.78, 5) is 1.87. The van der Waals surface area contributed by atoms with Crippen molar-refractivity contribution in [3.8, 4) is 44.5 Å². The molecule has 2 heteroatoms. The first-order valence-electron chi connectivity index (χ1n) is 20.1. The maximum Gasteiger partial charge on any atom is 0.143 e. The van der Waals surface area contributed by atoms with Crippen LogP contribution in [0.25, 0.3) is 77.2 Å². The summed E-state index contributed by atoms with van der Waals surface area (Å²) in [6, 6.07) is 61.9. The van der Waals surface area contributed by atoms with E-state index in [1.54, 1.807) is 0 Å². The van der Waals surface area contributed by atoms with Gasteiger partial charge < -0.3 is 9.32 Å². The SMILES string of the molecule is [2H]c1c([2H])c(N(c2ccc(-c3ccccc3)cc2)c2ccccc2-c2cccc3c2oc2c4ccccc4ccc32)c([2H])c([2H])c1-c1ccc(-c2ccccc2)cc1. The van der Waals surface area contributed by atoms with E-state index < -0.39 is 0 Å². The van der Waals surface area contributed by atoms with E-state index in [-0.39, 0.29) is 35.4 Å². The van der Waals surface area contributed by atoms with Gasteiger partial charge in [0.05, 0.1) is 11.2 Å². The van der Waals surface area contributed by atoms with Gasteiger partial charge in [-0.2, -0.15) is 0 Å². The molecule has 0 atom stereocenters. The van der Waals surface area contributed by atoms with Crippen LogP contribution in [0.5, 0.6) is 0 Å². The molecule has 0 bridgehead atoms. The fourth-order valence-corrected chi connectivity index (χ4v) is 7.48. The third-order valence-electron chi connectivity index (χ3n) is 10.2. The fraction of sp³-hybridized carbons (Fsp3) is 0. The van der Waals surface area contributed by atoms with E-state index in [0.717, 1.165) is 66.1 Å². The second kappa shape index (κ2) is 13.4. The summed E-state index contributed by atoms with van der Waals surface area (Å²) < 4.78 is 44.8. The third kappa shape index (κ3) is 5.62. The molecule has 0 saturated carbocycles. The number of nitrogens with zero attached hydrogens (tertiary/aromatic N) is 1. The summed E-state index contributed by atoms with van der Waals surface area (Å²) in [5.74, 6) is 0. The fourth-order valence-electron chi connectivity index (χ4n) is 7.48. The van der Waals surface area contributed by atoms with Crippen LogP contribution in [0.4, 0.5) is 17.1 Å². The third-order valence-corrected chi connectivity index (χ3v) is 10.2. The van der Waals surface area contributed by atoms with Crippen molar-refractivity contribution >= 4 is 49.8 Å². The quantitative estimate of drug-likeness (QED) is 0.165. The Morgan fingerprint density at radius 1 is 0.333 bits per heavy atom. The summed E-state index contributed by atoms with van der Waals surface area (Å²) in [5, 5.41) is 4.14. The molecular weight excluding hydrogens is 655 g/mol. The molecule has 10 aromatic rings. The van der Waals surface area contributed by atoms with Gasteiger partial charge in [0.15, 0.2) is 0 Å². The molecule has 0 spiro atoms. The maximum atomic E-state index is 9.61. The van der Waals surface area contributed by atoms with Crippen molar-refractivity contribution < 1.29 is 9.90 Å².